The van der Waals surface area contributed by atoms with Gasteiger partial charge in [-0.1, -0.05) is 12.8 Å². The van der Waals surface area contributed by atoms with Crippen LogP contribution in [0.2, 0.25) is 0 Å². The molecule has 0 radical (unpaired) electrons. The molecular formula is C27H32F3N5O6. The van der Waals surface area contributed by atoms with Crippen molar-refractivity contribution in [2.24, 2.45) is 0 Å². The van der Waals surface area contributed by atoms with Crippen LogP contribution in [0.4, 0.5) is 28.4 Å². The zero-order valence-corrected chi connectivity index (χ0v) is 23.0. The molecule has 5 rings (SSSR count). The first-order valence-corrected chi connectivity index (χ1v) is 13.7. The van der Waals surface area contributed by atoms with Crippen LogP contribution in [0.1, 0.15) is 77.8 Å². The third-order valence-corrected chi connectivity index (χ3v) is 7.96. The number of aromatic nitrogens is 1. The summed E-state index contributed by atoms with van der Waals surface area (Å²) >= 11 is 0. The molecule has 1 saturated carbocycles. The third kappa shape index (κ3) is 5.23. The van der Waals surface area contributed by atoms with Gasteiger partial charge in [-0.15, -0.1) is 0 Å². The molecule has 1 N–H and O–H groups in total. The number of alkyl halides is 3. The van der Waals surface area contributed by atoms with Crippen LogP contribution in [0.25, 0.3) is 0 Å². The Balaban J connectivity index is 1.39. The zero-order valence-electron chi connectivity index (χ0n) is 23.0. The summed E-state index contributed by atoms with van der Waals surface area (Å²) < 4.78 is 44.3. The lowest BCUT2D eigenvalue weighted by Crippen LogP contribution is -2.58. The van der Waals surface area contributed by atoms with E-state index in [4.69, 9.17) is 4.74 Å². The van der Waals surface area contributed by atoms with Crippen LogP contribution in [0.15, 0.2) is 18.3 Å². The summed E-state index contributed by atoms with van der Waals surface area (Å²) in [6, 6.07) is -1.59. The van der Waals surface area contributed by atoms with Gasteiger partial charge in [-0.2, -0.15) is 13.2 Å². The van der Waals surface area contributed by atoms with Crippen molar-refractivity contribution in [3.63, 3.8) is 0 Å². The Morgan fingerprint density at radius 2 is 1.71 bits per heavy atom. The standard InChI is InChI=1S/C27H32F3N5O6/c1-25(2,3)41-23(39)32-17-7-5-4-6-15-8-10-18(33(15)20(17)36)21(37)35-24(40)34(22(38)26(35)12-13-26)16-9-11-19(31-14-16)27(28,29)30/h9,11,14-15,17-18H,4-8,10,12-13H2,1-3H3,(H,32,39)/t15-,17-,18-/m0/s1. The van der Waals surface area contributed by atoms with Gasteiger partial charge in [0.25, 0.3) is 11.8 Å². The van der Waals surface area contributed by atoms with Crippen molar-refractivity contribution in [1.29, 1.82) is 0 Å². The topological polar surface area (TPSA) is 129 Å². The molecule has 1 aromatic rings. The number of urea groups is 1. The number of nitrogens with one attached hydrogen (secondary N) is 1. The largest absolute Gasteiger partial charge is 0.444 e. The van der Waals surface area contributed by atoms with Gasteiger partial charge >= 0.3 is 18.3 Å². The number of amides is 6. The molecule has 3 saturated heterocycles. The average Bonchev–Trinajstić information content (AvgIpc) is 3.49. The van der Waals surface area contributed by atoms with E-state index in [1.54, 1.807) is 20.8 Å². The van der Waals surface area contributed by atoms with Crippen molar-refractivity contribution in [3.8, 4) is 0 Å². The average molecular weight is 580 g/mol. The van der Waals surface area contributed by atoms with Gasteiger partial charge in [-0.3, -0.25) is 14.4 Å². The summed E-state index contributed by atoms with van der Waals surface area (Å²) in [5.41, 5.74) is -3.58. The number of carbonyl (C=O) groups is 5. The number of rotatable bonds is 3. The van der Waals surface area contributed by atoms with Crippen LogP contribution in [0.3, 0.4) is 0 Å². The molecule has 3 atom stereocenters. The fourth-order valence-corrected chi connectivity index (χ4v) is 5.96. The maximum atomic E-state index is 14.0. The summed E-state index contributed by atoms with van der Waals surface area (Å²) in [5, 5.41) is 2.63. The Hall–Kier alpha value is -3.71. The molecular weight excluding hydrogens is 547 g/mol. The minimum atomic E-state index is -4.70. The molecule has 4 heterocycles. The number of ether oxygens (including phenoxy) is 1. The number of carbonyl (C=O) groups excluding carboxylic acids is 5. The molecule has 11 nitrogen and oxygen atoms in total. The first-order valence-electron chi connectivity index (χ1n) is 13.7. The maximum Gasteiger partial charge on any atom is 0.433 e. The number of pyridine rings is 1. The lowest BCUT2D eigenvalue weighted by molar-refractivity contribution is -0.147. The summed E-state index contributed by atoms with van der Waals surface area (Å²) in [5.74, 6) is -1.88. The highest BCUT2D eigenvalue weighted by Crippen LogP contribution is 2.50. The normalized spacial score (nSPS) is 26.1. The number of nitrogens with zero attached hydrogens (tertiary/aromatic N) is 4. The van der Waals surface area contributed by atoms with E-state index >= 15 is 0 Å². The summed E-state index contributed by atoms with van der Waals surface area (Å²) in [7, 11) is 0. The van der Waals surface area contributed by atoms with Gasteiger partial charge < -0.3 is 15.0 Å². The van der Waals surface area contributed by atoms with Gasteiger partial charge in [0.05, 0.1) is 11.9 Å². The molecule has 41 heavy (non-hydrogen) atoms. The van der Waals surface area contributed by atoms with Crippen LogP contribution in [0.5, 0.6) is 0 Å². The van der Waals surface area contributed by atoms with Gasteiger partial charge in [0.1, 0.15) is 28.9 Å². The van der Waals surface area contributed by atoms with E-state index in [2.05, 4.69) is 10.3 Å². The number of hydrogen-bond donors (Lipinski definition) is 1. The fourth-order valence-electron chi connectivity index (χ4n) is 5.96. The third-order valence-electron chi connectivity index (χ3n) is 7.96. The fraction of sp³-hybridized carbons (Fsp3) is 0.630. The van der Waals surface area contributed by atoms with E-state index in [1.165, 1.54) is 4.90 Å². The lowest BCUT2D eigenvalue weighted by atomic mass is 9.99. The molecule has 0 aromatic carbocycles. The number of anilines is 1. The monoisotopic (exact) mass is 579 g/mol. The first kappa shape index (κ1) is 28.8. The van der Waals surface area contributed by atoms with Gasteiger partial charge in [0, 0.05) is 6.04 Å². The van der Waals surface area contributed by atoms with Crippen LogP contribution in [-0.2, 0) is 25.3 Å². The van der Waals surface area contributed by atoms with Crippen molar-refractivity contribution in [2.75, 3.05) is 4.90 Å². The van der Waals surface area contributed by atoms with Crippen molar-refractivity contribution in [2.45, 2.75) is 108 Å². The first-order chi connectivity index (χ1) is 19.1. The zero-order chi connectivity index (χ0) is 29.9. The minimum Gasteiger partial charge on any atom is -0.444 e. The number of halogens is 3. The molecule has 222 valence electrons. The van der Waals surface area contributed by atoms with Gasteiger partial charge in [-0.25, -0.2) is 24.4 Å². The van der Waals surface area contributed by atoms with Gasteiger partial charge in [0.15, 0.2) is 0 Å². The van der Waals surface area contributed by atoms with Crippen molar-refractivity contribution in [1.82, 2.24) is 20.1 Å². The molecule has 4 aliphatic rings. The molecule has 1 spiro atoms. The molecule has 0 unspecified atom stereocenters. The molecule has 6 amide bonds. The Morgan fingerprint density at radius 1 is 1.02 bits per heavy atom. The number of hydrogen-bond acceptors (Lipinski definition) is 7. The maximum absolute atomic E-state index is 14.0. The molecule has 0 bridgehead atoms. The molecule has 1 aromatic heterocycles. The Bertz CT molecular complexity index is 1270. The van der Waals surface area contributed by atoms with Crippen molar-refractivity contribution < 1.29 is 41.9 Å². The summed E-state index contributed by atoms with van der Waals surface area (Å²) in [6.45, 7) is 5.09. The Kier molecular flexibility index (Phi) is 7.01. The SMILES string of the molecule is CC(C)(C)OC(=O)N[C@H]1CCCC[C@H]2CC[C@@H](C(=O)N3C(=O)N(c4ccc(C(F)(F)F)nc4)C(=O)C34CC4)N2C1=O. The second kappa shape index (κ2) is 9.98. The van der Waals surface area contributed by atoms with Gasteiger partial charge in [0.2, 0.25) is 5.91 Å². The highest BCUT2D eigenvalue weighted by atomic mass is 19.4. The molecule has 14 heteroatoms. The Morgan fingerprint density at radius 3 is 2.29 bits per heavy atom. The van der Waals surface area contributed by atoms with E-state index in [-0.39, 0.29) is 31.0 Å². The second-order valence-corrected chi connectivity index (χ2v) is 12.0. The highest BCUT2D eigenvalue weighted by molar-refractivity contribution is 6.29. The van der Waals surface area contributed by atoms with Crippen molar-refractivity contribution >= 4 is 35.5 Å². The van der Waals surface area contributed by atoms with E-state index in [9.17, 15) is 37.1 Å². The van der Waals surface area contributed by atoms with Crippen LogP contribution < -0.4 is 10.2 Å². The van der Waals surface area contributed by atoms with E-state index in [0.29, 0.717) is 36.6 Å². The summed E-state index contributed by atoms with van der Waals surface area (Å²) in [4.78, 5) is 73.5. The number of fused-ring (bicyclic) bond motifs is 1. The van der Waals surface area contributed by atoms with E-state index in [0.717, 1.165) is 23.6 Å². The van der Waals surface area contributed by atoms with Crippen LogP contribution >= 0.6 is 0 Å². The lowest BCUT2D eigenvalue weighted by Gasteiger charge is -2.36. The predicted molar refractivity (Wildman–Crippen MR) is 136 cm³/mol. The van der Waals surface area contributed by atoms with Gasteiger partial charge in [-0.05, 0) is 71.4 Å². The highest BCUT2D eigenvalue weighted by Gasteiger charge is 2.68. The minimum absolute atomic E-state index is 0.178. The van der Waals surface area contributed by atoms with E-state index < -0.39 is 64.9 Å². The quantitative estimate of drug-likeness (QED) is 0.540. The van der Waals surface area contributed by atoms with Crippen LogP contribution in [0, 0.1) is 0 Å². The Labute approximate surface area is 234 Å². The molecule has 3 aliphatic heterocycles. The number of alkyl carbamates (subject to hydrolysis) is 1. The predicted octanol–water partition coefficient (Wildman–Crippen LogP) is 3.76. The number of imide groups is 2. The second-order valence-electron chi connectivity index (χ2n) is 12.0. The van der Waals surface area contributed by atoms with Crippen molar-refractivity contribution in [3.05, 3.63) is 24.0 Å². The summed E-state index contributed by atoms with van der Waals surface area (Å²) in [6.07, 6.45) is -1.03. The van der Waals surface area contributed by atoms with Crippen LogP contribution in [-0.4, -0.2) is 73.9 Å². The smallest absolute Gasteiger partial charge is 0.433 e. The van der Waals surface area contributed by atoms with E-state index in [1.807, 2.05) is 0 Å². The molecule has 1 aliphatic carbocycles. The molecule has 4 fully saturated rings.